The van der Waals surface area contributed by atoms with E-state index in [4.69, 9.17) is 4.74 Å². The SMILES string of the molecule is COc1ccc(C(=O)N[C@H]2CCn3nccc3C2)cc1F. The van der Waals surface area contributed by atoms with Crippen LogP contribution in [0, 0.1) is 5.82 Å². The fourth-order valence-corrected chi connectivity index (χ4v) is 2.57. The summed E-state index contributed by atoms with van der Waals surface area (Å²) in [5.74, 6) is -0.672. The van der Waals surface area contributed by atoms with Gasteiger partial charge in [0.1, 0.15) is 0 Å². The Hall–Kier alpha value is -2.37. The largest absolute Gasteiger partial charge is 0.494 e. The van der Waals surface area contributed by atoms with Crippen molar-refractivity contribution in [3.05, 3.63) is 47.5 Å². The summed E-state index contributed by atoms with van der Waals surface area (Å²) in [4.78, 5) is 12.2. The van der Waals surface area contributed by atoms with Gasteiger partial charge in [-0.1, -0.05) is 0 Å². The van der Waals surface area contributed by atoms with Crippen molar-refractivity contribution in [2.75, 3.05) is 7.11 Å². The molecule has 3 rings (SSSR count). The van der Waals surface area contributed by atoms with Gasteiger partial charge in [-0.05, 0) is 30.7 Å². The third-order valence-corrected chi connectivity index (χ3v) is 3.70. The number of hydrogen-bond acceptors (Lipinski definition) is 3. The normalized spacial score (nSPS) is 17.1. The lowest BCUT2D eigenvalue weighted by molar-refractivity contribution is 0.0929. The molecule has 0 aliphatic carbocycles. The Balaban J connectivity index is 1.68. The van der Waals surface area contributed by atoms with Gasteiger partial charge in [0, 0.05) is 36.5 Å². The number of methoxy groups -OCH3 is 1. The number of nitrogens with zero attached hydrogens (tertiary/aromatic N) is 2. The predicted octanol–water partition coefficient (Wildman–Crippen LogP) is 1.78. The van der Waals surface area contributed by atoms with E-state index in [-0.39, 0.29) is 17.7 Å². The summed E-state index contributed by atoms with van der Waals surface area (Å²) in [5.41, 5.74) is 1.40. The molecule has 1 aromatic carbocycles. The van der Waals surface area contributed by atoms with Crippen LogP contribution in [0.15, 0.2) is 30.5 Å². The maximum Gasteiger partial charge on any atom is 0.251 e. The van der Waals surface area contributed by atoms with Gasteiger partial charge in [-0.2, -0.15) is 5.10 Å². The summed E-state index contributed by atoms with van der Waals surface area (Å²) in [7, 11) is 1.39. The molecule has 2 heterocycles. The van der Waals surface area contributed by atoms with E-state index in [1.165, 1.54) is 19.2 Å². The number of halogens is 1. The molecule has 1 aromatic heterocycles. The minimum Gasteiger partial charge on any atom is -0.494 e. The number of nitrogens with one attached hydrogen (secondary N) is 1. The molecule has 0 radical (unpaired) electrons. The maximum atomic E-state index is 13.6. The summed E-state index contributed by atoms with van der Waals surface area (Å²) in [5, 5.41) is 7.14. The van der Waals surface area contributed by atoms with Gasteiger partial charge < -0.3 is 10.1 Å². The molecule has 0 bridgehead atoms. The first kappa shape index (κ1) is 13.6. The number of benzene rings is 1. The van der Waals surface area contributed by atoms with Crippen LogP contribution in [0.2, 0.25) is 0 Å². The number of amides is 1. The van der Waals surface area contributed by atoms with Crippen LogP contribution in [0.4, 0.5) is 4.39 Å². The second kappa shape index (κ2) is 5.55. The lowest BCUT2D eigenvalue weighted by Gasteiger charge is -2.24. The zero-order chi connectivity index (χ0) is 14.8. The Morgan fingerprint density at radius 2 is 2.33 bits per heavy atom. The van der Waals surface area contributed by atoms with E-state index >= 15 is 0 Å². The Labute approximate surface area is 121 Å². The van der Waals surface area contributed by atoms with Gasteiger partial charge in [-0.3, -0.25) is 9.48 Å². The van der Waals surface area contributed by atoms with Gasteiger partial charge in [0.05, 0.1) is 7.11 Å². The Bertz CT molecular complexity index is 669. The van der Waals surface area contributed by atoms with E-state index < -0.39 is 5.82 Å². The summed E-state index contributed by atoms with van der Waals surface area (Å²) in [6.45, 7) is 0.782. The molecule has 0 saturated heterocycles. The molecule has 21 heavy (non-hydrogen) atoms. The third-order valence-electron chi connectivity index (χ3n) is 3.70. The van der Waals surface area contributed by atoms with E-state index in [2.05, 4.69) is 10.4 Å². The molecule has 0 unspecified atom stereocenters. The fourth-order valence-electron chi connectivity index (χ4n) is 2.57. The van der Waals surface area contributed by atoms with Crippen molar-refractivity contribution in [1.82, 2.24) is 15.1 Å². The summed E-state index contributed by atoms with van der Waals surface area (Å²) in [6.07, 6.45) is 3.32. The topological polar surface area (TPSA) is 56.1 Å². The van der Waals surface area contributed by atoms with Crippen LogP contribution in [0.1, 0.15) is 22.5 Å². The molecule has 0 saturated carbocycles. The molecular formula is C15H16FN3O2. The molecule has 1 aliphatic rings. The highest BCUT2D eigenvalue weighted by Gasteiger charge is 2.21. The van der Waals surface area contributed by atoms with Gasteiger partial charge in [-0.15, -0.1) is 0 Å². The number of carbonyl (C=O) groups excluding carboxylic acids is 1. The van der Waals surface area contributed by atoms with E-state index in [0.717, 1.165) is 25.1 Å². The Morgan fingerprint density at radius 1 is 1.48 bits per heavy atom. The average molecular weight is 289 g/mol. The first-order valence-corrected chi connectivity index (χ1v) is 6.82. The van der Waals surface area contributed by atoms with Crippen molar-refractivity contribution in [3.8, 4) is 5.75 Å². The molecule has 6 heteroatoms. The number of ether oxygens (including phenoxy) is 1. The summed E-state index contributed by atoms with van der Waals surface area (Å²) in [6, 6.07) is 6.21. The van der Waals surface area contributed by atoms with Crippen LogP contribution >= 0.6 is 0 Å². The zero-order valence-electron chi connectivity index (χ0n) is 11.7. The molecule has 0 spiro atoms. The lowest BCUT2D eigenvalue weighted by atomic mass is 10.0. The minimum atomic E-state index is -0.535. The number of aromatic nitrogens is 2. The Morgan fingerprint density at radius 3 is 3.10 bits per heavy atom. The minimum absolute atomic E-state index is 0.0480. The maximum absolute atomic E-state index is 13.6. The van der Waals surface area contributed by atoms with E-state index in [1.54, 1.807) is 12.3 Å². The van der Waals surface area contributed by atoms with Crippen molar-refractivity contribution in [1.29, 1.82) is 0 Å². The number of carbonyl (C=O) groups is 1. The first-order chi connectivity index (χ1) is 10.2. The number of rotatable bonds is 3. The molecule has 110 valence electrons. The van der Waals surface area contributed by atoms with E-state index in [1.807, 2.05) is 10.7 Å². The molecular weight excluding hydrogens is 273 g/mol. The highest BCUT2D eigenvalue weighted by atomic mass is 19.1. The molecule has 1 amide bonds. The van der Waals surface area contributed by atoms with Crippen LogP contribution in [0.5, 0.6) is 5.75 Å². The van der Waals surface area contributed by atoms with Crippen LogP contribution in [0.25, 0.3) is 0 Å². The second-order valence-electron chi connectivity index (χ2n) is 5.06. The molecule has 2 aromatic rings. The van der Waals surface area contributed by atoms with Gasteiger partial charge >= 0.3 is 0 Å². The summed E-state index contributed by atoms with van der Waals surface area (Å²) < 4.78 is 20.4. The van der Waals surface area contributed by atoms with Gasteiger partial charge in [0.15, 0.2) is 11.6 Å². The quantitative estimate of drug-likeness (QED) is 0.937. The van der Waals surface area contributed by atoms with Gasteiger partial charge in [-0.25, -0.2) is 4.39 Å². The third kappa shape index (κ3) is 2.74. The molecule has 1 aliphatic heterocycles. The first-order valence-electron chi connectivity index (χ1n) is 6.82. The number of hydrogen-bond donors (Lipinski definition) is 1. The van der Waals surface area contributed by atoms with Crippen LogP contribution < -0.4 is 10.1 Å². The molecule has 5 nitrogen and oxygen atoms in total. The fraction of sp³-hybridized carbons (Fsp3) is 0.333. The van der Waals surface area contributed by atoms with Crippen LogP contribution in [0.3, 0.4) is 0 Å². The number of fused-ring (bicyclic) bond motifs is 1. The molecule has 1 atom stereocenters. The van der Waals surface area contributed by atoms with E-state index in [0.29, 0.717) is 5.56 Å². The van der Waals surface area contributed by atoms with Gasteiger partial charge in [0.2, 0.25) is 0 Å². The van der Waals surface area contributed by atoms with Crippen LogP contribution in [-0.2, 0) is 13.0 Å². The van der Waals surface area contributed by atoms with E-state index in [9.17, 15) is 9.18 Å². The van der Waals surface area contributed by atoms with Gasteiger partial charge in [0.25, 0.3) is 5.91 Å². The summed E-state index contributed by atoms with van der Waals surface area (Å²) >= 11 is 0. The Kier molecular flexibility index (Phi) is 3.60. The van der Waals surface area contributed by atoms with Crippen LogP contribution in [-0.4, -0.2) is 28.8 Å². The predicted molar refractivity (Wildman–Crippen MR) is 74.8 cm³/mol. The van der Waals surface area contributed by atoms with Crippen molar-refractivity contribution < 1.29 is 13.9 Å². The highest BCUT2D eigenvalue weighted by molar-refractivity contribution is 5.94. The second-order valence-corrected chi connectivity index (χ2v) is 5.06. The van der Waals surface area contributed by atoms with Crippen molar-refractivity contribution >= 4 is 5.91 Å². The lowest BCUT2D eigenvalue weighted by Crippen LogP contribution is -2.40. The highest BCUT2D eigenvalue weighted by Crippen LogP contribution is 2.19. The average Bonchev–Trinajstić information content (AvgIpc) is 2.94. The zero-order valence-corrected chi connectivity index (χ0v) is 11.7. The van der Waals surface area contributed by atoms with Crippen molar-refractivity contribution in [3.63, 3.8) is 0 Å². The number of aryl methyl sites for hydroxylation is 1. The standard InChI is InChI=1S/C15H16FN3O2/c1-21-14-3-2-10(8-13(14)16)15(20)18-11-5-7-19-12(9-11)4-6-17-19/h2-4,6,8,11H,5,7,9H2,1H3,(H,18,20)/t11-/m0/s1. The smallest absolute Gasteiger partial charge is 0.251 e. The van der Waals surface area contributed by atoms with Crippen molar-refractivity contribution in [2.24, 2.45) is 0 Å². The molecule has 0 fully saturated rings. The molecule has 1 N–H and O–H groups in total. The monoisotopic (exact) mass is 289 g/mol. The van der Waals surface area contributed by atoms with Crippen molar-refractivity contribution in [2.45, 2.75) is 25.4 Å².